The van der Waals surface area contributed by atoms with Gasteiger partial charge in [-0.1, -0.05) is 6.07 Å². The largest absolute Gasteiger partial charge is 0.486 e. The highest BCUT2D eigenvalue weighted by Gasteiger charge is 2.35. The standard InChI is InChI=1S/C19H22N4O5/c1-10-7-13(11(2)28-10)18(24)22-23-19(25)14-9-20-21-17(14)12-3-4-15-16(8-12)27-6-5-26-15/h3-4,7-8,14,17,20-21H,5-6,9H2,1-2H3,(H,22,24)(H,23,25). The molecule has 2 amide bonds. The van der Waals surface area contributed by atoms with E-state index >= 15 is 0 Å². The van der Waals surface area contributed by atoms with E-state index in [1.165, 1.54) is 0 Å². The van der Waals surface area contributed by atoms with E-state index in [0.29, 0.717) is 48.3 Å². The van der Waals surface area contributed by atoms with Crippen LogP contribution in [0.1, 0.15) is 33.5 Å². The molecule has 2 aliphatic rings. The molecule has 148 valence electrons. The van der Waals surface area contributed by atoms with E-state index in [2.05, 4.69) is 21.7 Å². The number of nitrogens with one attached hydrogen (secondary N) is 4. The summed E-state index contributed by atoms with van der Waals surface area (Å²) < 4.78 is 16.5. The van der Waals surface area contributed by atoms with E-state index in [9.17, 15) is 9.59 Å². The molecule has 2 aromatic rings. The minimum Gasteiger partial charge on any atom is -0.486 e. The number of rotatable bonds is 3. The Labute approximate surface area is 161 Å². The second-order valence-electron chi connectivity index (χ2n) is 6.78. The molecule has 4 N–H and O–H groups in total. The molecule has 2 atom stereocenters. The highest BCUT2D eigenvalue weighted by atomic mass is 16.6. The number of carbonyl (C=O) groups is 2. The zero-order valence-corrected chi connectivity index (χ0v) is 15.6. The number of hydrogen-bond donors (Lipinski definition) is 4. The zero-order chi connectivity index (χ0) is 19.7. The number of ether oxygens (including phenoxy) is 2. The van der Waals surface area contributed by atoms with Crippen molar-refractivity contribution >= 4 is 11.8 Å². The van der Waals surface area contributed by atoms with Crippen molar-refractivity contribution < 1.29 is 23.5 Å². The fourth-order valence-corrected chi connectivity index (χ4v) is 3.45. The van der Waals surface area contributed by atoms with Gasteiger partial charge < -0.3 is 13.9 Å². The zero-order valence-electron chi connectivity index (χ0n) is 15.6. The van der Waals surface area contributed by atoms with Crippen LogP contribution in [-0.4, -0.2) is 31.6 Å². The first-order valence-corrected chi connectivity index (χ1v) is 9.08. The highest BCUT2D eigenvalue weighted by Crippen LogP contribution is 2.35. The van der Waals surface area contributed by atoms with Gasteiger partial charge in [0.15, 0.2) is 11.5 Å². The normalized spacial score (nSPS) is 20.6. The lowest BCUT2D eigenvalue weighted by Gasteiger charge is -2.22. The molecule has 0 aliphatic carbocycles. The van der Waals surface area contributed by atoms with Gasteiger partial charge in [0.05, 0.1) is 17.5 Å². The Bertz CT molecular complexity index is 910. The van der Waals surface area contributed by atoms with Crippen LogP contribution < -0.4 is 31.2 Å². The van der Waals surface area contributed by atoms with E-state index in [0.717, 1.165) is 5.56 Å². The summed E-state index contributed by atoms with van der Waals surface area (Å²) in [4.78, 5) is 24.9. The summed E-state index contributed by atoms with van der Waals surface area (Å²) >= 11 is 0. The molecule has 3 heterocycles. The second-order valence-corrected chi connectivity index (χ2v) is 6.78. The quantitative estimate of drug-likeness (QED) is 0.580. The number of fused-ring (bicyclic) bond motifs is 1. The molecule has 9 nitrogen and oxygen atoms in total. The van der Waals surface area contributed by atoms with Gasteiger partial charge in [0.2, 0.25) is 5.91 Å². The van der Waals surface area contributed by atoms with E-state index in [1.807, 2.05) is 18.2 Å². The molecule has 28 heavy (non-hydrogen) atoms. The Morgan fingerprint density at radius 2 is 1.86 bits per heavy atom. The Hall–Kier alpha value is -3.04. The maximum absolute atomic E-state index is 12.7. The molecule has 9 heteroatoms. The van der Waals surface area contributed by atoms with Crippen LogP contribution >= 0.6 is 0 Å². The lowest BCUT2D eigenvalue weighted by Crippen LogP contribution is -2.46. The number of benzene rings is 1. The highest BCUT2D eigenvalue weighted by molar-refractivity contribution is 5.96. The molecule has 2 unspecified atom stereocenters. The number of hydrogen-bond acceptors (Lipinski definition) is 7. The maximum atomic E-state index is 12.7. The van der Waals surface area contributed by atoms with Gasteiger partial charge in [-0.15, -0.1) is 0 Å². The Morgan fingerprint density at radius 1 is 1.07 bits per heavy atom. The predicted octanol–water partition coefficient (Wildman–Crippen LogP) is 0.894. The van der Waals surface area contributed by atoms with Gasteiger partial charge >= 0.3 is 0 Å². The fraction of sp³-hybridized carbons (Fsp3) is 0.368. The van der Waals surface area contributed by atoms with Crippen molar-refractivity contribution in [2.45, 2.75) is 19.9 Å². The fourth-order valence-electron chi connectivity index (χ4n) is 3.45. The van der Waals surface area contributed by atoms with E-state index < -0.39 is 11.8 Å². The summed E-state index contributed by atoms with van der Waals surface area (Å²) in [5, 5.41) is 0. The summed E-state index contributed by atoms with van der Waals surface area (Å²) in [5.41, 5.74) is 12.4. The Morgan fingerprint density at radius 3 is 2.61 bits per heavy atom. The van der Waals surface area contributed by atoms with Crippen molar-refractivity contribution in [3.8, 4) is 11.5 Å². The van der Waals surface area contributed by atoms with Crippen molar-refractivity contribution in [1.29, 1.82) is 0 Å². The van der Waals surface area contributed by atoms with Gasteiger partial charge in [-0.3, -0.25) is 25.9 Å². The van der Waals surface area contributed by atoms with Crippen LogP contribution in [0.5, 0.6) is 11.5 Å². The van der Waals surface area contributed by atoms with Crippen LogP contribution in [0.2, 0.25) is 0 Å². The van der Waals surface area contributed by atoms with Gasteiger partial charge in [0, 0.05) is 6.54 Å². The third kappa shape index (κ3) is 3.54. The minimum atomic E-state index is -0.421. The van der Waals surface area contributed by atoms with Crippen molar-refractivity contribution in [3.63, 3.8) is 0 Å². The van der Waals surface area contributed by atoms with Gasteiger partial charge in [-0.2, -0.15) is 0 Å². The third-order valence-corrected chi connectivity index (χ3v) is 4.83. The first-order valence-electron chi connectivity index (χ1n) is 9.08. The van der Waals surface area contributed by atoms with Crippen LogP contribution in [0.25, 0.3) is 0 Å². The topological polar surface area (TPSA) is 114 Å². The second kappa shape index (κ2) is 7.53. The summed E-state index contributed by atoms with van der Waals surface area (Å²) in [6.07, 6.45) is 0. The molecule has 2 aliphatic heterocycles. The Balaban J connectivity index is 1.42. The van der Waals surface area contributed by atoms with Crippen LogP contribution in [0, 0.1) is 19.8 Å². The molecule has 0 bridgehead atoms. The molecule has 1 aromatic heterocycles. The summed E-state index contributed by atoms with van der Waals surface area (Å²) in [6, 6.07) is 6.97. The Kier molecular flexibility index (Phi) is 4.93. The smallest absolute Gasteiger partial charge is 0.273 e. The summed E-state index contributed by atoms with van der Waals surface area (Å²) in [7, 11) is 0. The van der Waals surface area contributed by atoms with Crippen LogP contribution in [0.15, 0.2) is 28.7 Å². The number of carbonyl (C=O) groups excluding carboxylic acids is 2. The van der Waals surface area contributed by atoms with E-state index in [1.54, 1.807) is 19.9 Å². The molecule has 0 spiro atoms. The molecule has 0 radical (unpaired) electrons. The molecule has 1 aromatic carbocycles. The lowest BCUT2D eigenvalue weighted by molar-refractivity contribution is -0.125. The number of amides is 2. The molecule has 0 saturated carbocycles. The van der Waals surface area contributed by atoms with Crippen LogP contribution in [0.3, 0.4) is 0 Å². The van der Waals surface area contributed by atoms with Crippen molar-refractivity contribution in [1.82, 2.24) is 21.7 Å². The molecular formula is C19H22N4O5. The van der Waals surface area contributed by atoms with E-state index in [4.69, 9.17) is 13.9 Å². The maximum Gasteiger partial charge on any atom is 0.273 e. The number of hydrazine groups is 2. The molecular weight excluding hydrogens is 364 g/mol. The number of aryl methyl sites for hydroxylation is 2. The van der Waals surface area contributed by atoms with Crippen LogP contribution in [0.4, 0.5) is 0 Å². The summed E-state index contributed by atoms with van der Waals surface area (Å²) in [5.74, 6) is 1.35. The molecule has 4 rings (SSSR count). The van der Waals surface area contributed by atoms with Gasteiger partial charge in [-0.25, -0.2) is 5.43 Å². The lowest BCUT2D eigenvalue weighted by atomic mass is 9.94. The predicted molar refractivity (Wildman–Crippen MR) is 98.6 cm³/mol. The molecule has 1 fully saturated rings. The minimum absolute atomic E-state index is 0.273. The monoisotopic (exact) mass is 386 g/mol. The number of furan rings is 1. The SMILES string of the molecule is Cc1cc(C(=O)NNC(=O)C2CNNC2c2ccc3c(c2)OCCO3)c(C)o1. The van der Waals surface area contributed by atoms with Crippen LogP contribution in [-0.2, 0) is 4.79 Å². The first kappa shape index (κ1) is 18.3. The van der Waals surface area contributed by atoms with Gasteiger partial charge in [0.25, 0.3) is 5.91 Å². The average molecular weight is 386 g/mol. The third-order valence-electron chi connectivity index (χ3n) is 4.83. The van der Waals surface area contributed by atoms with Crippen molar-refractivity contribution in [3.05, 3.63) is 46.9 Å². The molecule has 1 saturated heterocycles. The van der Waals surface area contributed by atoms with Gasteiger partial charge in [0.1, 0.15) is 24.7 Å². The van der Waals surface area contributed by atoms with Gasteiger partial charge in [-0.05, 0) is 37.6 Å². The average Bonchev–Trinajstić information content (AvgIpc) is 3.31. The first-order chi connectivity index (χ1) is 13.5. The van der Waals surface area contributed by atoms with E-state index in [-0.39, 0.29) is 11.9 Å². The van der Waals surface area contributed by atoms with Crippen molar-refractivity contribution in [2.75, 3.05) is 19.8 Å². The summed E-state index contributed by atoms with van der Waals surface area (Å²) in [6.45, 7) is 4.90. The van der Waals surface area contributed by atoms with Crippen molar-refractivity contribution in [2.24, 2.45) is 5.92 Å².